The number of benzene rings is 1. The third-order valence-electron chi connectivity index (χ3n) is 5.80. The van der Waals surface area contributed by atoms with Gasteiger partial charge < -0.3 is 10.5 Å². The van der Waals surface area contributed by atoms with Crippen LogP contribution in [0, 0.1) is 0 Å². The van der Waals surface area contributed by atoms with Crippen LogP contribution in [0.4, 0.5) is 0 Å². The average molecular weight is 455 g/mol. The van der Waals surface area contributed by atoms with E-state index in [-0.39, 0.29) is 29.6 Å². The molecule has 0 unspecified atom stereocenters. The summed E-state index contributed by atoms with van der Waals surface area (Å²) < 4.78 is 4.90. The van der Waals surface area contributed by atoms with Crippen molar-refractivity contribution < 1.29 is 14.3 Å². The number of hydrogen-bond acceptors (Lipinski definition) is 4. The molecular formula is C27H45NNaO3. The minimum atomic E-state index is -0.799. The summed E-state index contributed by atoms with van der Waals surface area (Å²) in [6.45, 7) is 2.27. The Morgan fingerprint density at radius 2 is 1.19 bits per heavy atom. The maximum absolute atomic E-state index is 12.0. The first-order valence-electron chi connectivity index (χ1n) is 12.7. The van der Waals surface area contributed by atoms with E-state index >= 15 is 0 Å². The number of unbranched alkanes of at least 4 members (excludes halogenated alkanes) is 14. The predicted octanol–water partition coefficient (Wildman–Crippen LogP) is 6.51. The first-order chi connectivity index (χ1) is 15.1. The van der Waals surface area contributed by atoms with Gasteiger partial charge in [0.15, 0.2) is 0 Å². The number of carbonyl (C=O) groups excluding carboxylic acids is 2. The Bertz CT molecular complexity index is 580. The van der Waals surface area contributed by atoms with E-state index in [2.05, 4.69) is 6.92 Å². The van der Waals surface area contributed by atoms with E-state index in [1.165, 1.54) is 77.0 Å². The third-order valence-corrected chi connectivity index (χ3v) is 5.80. The maximum atomic E-state index is 12.0. The van der Waals surface area contributed by atoms with Crippen molar-refractivity contribution in [2.24, 2.45) is 5.73 Å². The molecule has 0 amide bonds. The van der Waals surface area contributed by atoms with Gasteiger partial charge in [0.2, 0.25) is 0 Å². The molecule has 0 aliphatic carbocycles. The molecule has 5 heteroatoms. The van der Waals surface area contributed by atoms with Crippen molar-refractivity contribution in [3.8, 4) is 0 Å². The smallest absolute Gasteiger partial charge is 0.330 e. The van der Waals surface area contributed by atoms with Gasteiger partial charge in [0.25, 0.3) is 0 Å². The molecule has 0 aliphatic heterocycles. The molecular weight excluding hydrogens is 409 g/mol. The van der Waals surface area contributed by atoms with Crippen LogP contribution in [0.15, 0.2) is 30.3 Å². The van der Waals surface area contributed by atoms with Gasteiger partial charge in [-0.3, -0.25) is 4.79 Å². The van der Waals surface area contributed by atoms with Crippen LogP contribution in [0.5, 0.6) is 0 Å². The second-order valence-corrected chi connectivity index (χ2v) is 8.79. The first-order valence-corrected chi connectivity index (χ1v) is 12.7. The van der Waals surface area contributed by atoms with Crippen molar-refractivity contribution in [3.63, 3.8) is 0 Å². The van der Waals surface area contributed by atoms with Gasteiger partial charge in [-0.15, -0.1) is 0 Å². The molecule has 0 bridgehead atoms. The van der Waals surface area contributed by atoms with E-state index in [0.717, 1.165) is 24.8 Å². The van der Waals surface area contributed by atoms with Crippen molar-refractivity contribution in [3.05, 3.63) is 35.9 Å². The summed E-state index contributed by atoms with van der Waals surface area (Å²) in [4.78, 5) is 23.8. The Hall–Kier alpha value is -0.680. The normalized spacial score (nSPS) is 11.6. The summed E-state index contributed by atoms with van der Waals surface area (Å²) in [5.41, 5.74) is 6.82. The van der Waals surface area contributed by atoms with Gasteiger partial charge >= 0.3 is 11.9 Å². The zero-order valence-electron chi connectivity index (χ0n) is 20.8. The van der Waals surface area contributed by atoms with E-state index in [0.29, 0.717) is 12.8 Å². The quantitative estimate of drug-likeness (QED) is 0.112. The second kappa shape index (κ2) is 22.1. The molecule has 32 heavy (non-hydrogen) atoms. The van der Waals surface area contributed by atoms with Crippen LogP contribution in [0.3, 0.4) is 0 Å². The van der Waals surface area contributed by atoms with Crippen molar-refractivity contribution in [2.45, 2.75) is 122 Å². The number of hydrogen-bond donors (Lipinski definition) is 1. The van der Waals surface area contributed by atoms with Gasteiger partial charge in [0, 0.05) is 36.0 Å². The Kier molecular flexibility index (Phi) is 21.7. The molecule has 0 spiro atoms. The molecule has 1 aromatic rings. The van der Waals surface area contributed by atoms with Crippen LogP contribution < -0.4 is 5.73 Å². The molecule has 0 aromatic heterocycles. The third kappa shape index (κ3) is 17.8. The molecule has 2 N–H and O–H groups in total. The largest absolute Gasteiger partial charge is 0.392 e. The van der Waals surface area contributed by atoms with Crippen LogP contribution in [-0.4, -0.2) is 47.5 Å². The van der Waals surface area contributed by atoms with E-state index in [4.69, 9.17) is 10.5 Å². The molecule has 1 rings (SSSR count). The fraction of sp³-hybridized carbons (Fsp3) is 0.704. The number of nitrogens with two attached hydrogens (primary N) is 1. The molecule has 0 saturated carbocycles. The summed E-state index contributed by atoms with van der Waals surface area (Å²) >= 11 is 0. The average Bonchev–Trinajstić information content (AvgIpc) is 2.77. The maximum Gasteiger partial charge on any atom is 0.330 e. The molecule has 0 heterocycles. The van der Waals surface area contributed by atoms with Crippen LogP contribution in [-0.2, 0) is 20.7 Å². The molecule has 0 saturated heterocycles. The van der Waals surface area contributed by atoms with Crippen LogP contribution in [0.1, 0.15) is 115 Å². The van der Waals surface area contributed by atoms with E-state index in [1.54, 1.807) is 0 Å². The zero-order valence-corrected chi connectivity index (χ0v) is 22.8. The van der Waals surface area contributed by atoms with Gasteiger partial charge in [-0.2, -0.15) is 0 Å². The molecule has 1 aromatic carbocycles. The van der Waals surface area contributed by atoms with Crippen molar-refractivity contribution in [2.75, 3.05) is 0 Å². The van der Waals surface area contributed by atoms with Crippen LogP contribution in [0.25, 0.3) is 0 Å². The Morgan fingerprint density at radius 3 is 1.66 bits per heavy atom. The van der Waals surface area contributed by atoms with Crippen molar-refractivity contribution in [1.82, 2.24) is 0 Å². The van der Waals surface area contributed by atoms with Gasteiger partial charge in [-0.05, 0) is 18.4 Å². The SMILES string of the molecule is CCCCCCCCCCCCCCCCCC(=O)OC(=O)[C@@H](N)Cc1ccccc1.[Na]. The van der Waals surface area contributed by atoms with Crippen molar-refractivity contribution >= 4 is 41.5 Å². The molecule has 0 aliphatic rings. The van der Waals surface area contributed by atoms with E-state index < -0.39 is 18.0 Å². The topological polar surface area (TPSA) is 69.4 Å². The minimum absolute atomic E-state index is 0. The molecule has 1 radical (unpaired) electrons. The molecule has 4 nitrogen and oxygen atoms in total. The molecule has 1 atom stereocenters. The minimum Gasteiger partial charge on any atom is -0.392 e. The Labute approximate surface area is 218 Å². The van der Waals surface area contributed by atoms with Crippen molar-refractivity contribution in [1.29, 1.82) is 0 Å². The summed E-state index contributed by atoms with van der Waals surface area (Å²) in [6.07, 6.45) is 19.9. The Morgan fingerprint density at radius 1 is 0.750 bits per heavy atom. The fourth-order valence-corrected chi connectivity index (χ4v) is 3.83. The number of rotatable bonds is 19. The van der Waals surface area contributed by atoms with Gasteiger partial charge in [0.05, 0.1) is 0 Å². The van der Waals surface area contributed by atoms with Crippen LogP contribution in [0.2, 0.25) is 0 Å². The number of esters is 2. The van der Waals surface area contributed by atoms with Gasteiger partial charge in [-0.25, -0.2) is 4.79 Å². The predicted molar refractivity (Wildman–Crippen MR) is 135 cm³/mol. The molecule has 177 valence electrons. The second-order valence-electron chi connectivity index (χ2n) is 8.79. The standard InChI is InChI=1S/C27H45NO3.Na/c1-2-3-4-5-6-7-8-9-10-11-12-13-14-15-19-22-26(29)31-27(30)25(28)23-24-20-17-16-18-21-24;/h16-18,20-21,25H,2-15,19,22-23,28H2,1H3;/t25-;/m0./s1. The fourth-order valence-electron chi connectivity index (χ4n) is 3.83. The summed E-state index contributed by atoms with van der Waals surface area (Å²) in [5, 5.41) is 0. The van der Waals surface area contributed by atoms with Gasteiger partial charge in [-0.1, -0.05) is 127 Å². The zero-order chi connectivity index (χ0) is 22.6. The van der Waals surface area contributed by atoms with Crippen LogP contribution >= 0.6 is 0 Å². The first kappa shape index (κ1) is 31.3. The Balaban J connectivity index is 0.00000961. The molecule has 0 fully saturated rings. The number of ether oxygens (including phenoxy) is 1. The summed E-state index contributed by atoms with van der Waals surface area (Å²) in [7, 11) is 0. The monoisotopic (exact) mass is 454 g/mol. The van der Waals surface area contributed by atoms with Gasteiger partial charge in [0.1, 0.15) is 6.04 Å². The summed E-state index contributed by atoms with van der Waals surface area (Å²) in [5.74, 6) is -1.09. The van der Waals surface area contributed by atoms with E-state index in [1.807, 2.05) is 30.3 Å². The number of carbonyl (C=O) groups is 2. The van der Waals surface area contributed by atoms with E-state index in [9.17, 15) is 9.59 Å². The summed E-state index contributed by atoms with van der Waals surface area (Å²) in [6, 6.07) is 8.72.